The molecule has 0 saturated carbocycles. The van der Waals surface area contributed by atoms with Crippen molar-refractivity contribution in [3.8, 4) is 0 Å². The average Bonchev–Trinajstić information content (AvgIpc) is 2.87. The molecule has 0 radical (unpaired) electrons. The van der Waals surface area contributed by atoms with Gasteiger partial charge in [-0.25, -0.2) is 0 Å². The highest BCUT2D eigenvalue weighted by molar-refractivity contribution is 5.70. The van der Waals surface area contributed by atoms with Gasteiger partial charge in [-0.2, -0.15) is 4.98 Å². The molecule has 1 aromatic rings. The van der Waals surface area contributed by atoms with Crippen LogP contribution in [-0.2, 0) is 11.2 Å². The van der Waals surface area contributed by atoms with Gasteiger partial charge in [-0.15, -0.1) is 0 Å². The summed E-state index contributed by atoms with van der Waals surface area (Å²) in [6, 6.07) is 0. The van der Waals surface area contributed by atoms with Crippen LogP contribution in [0.5, 0.6) is 0 Å². The first-order valence-electron chi connectivity index (χ1n) is 6.77. The number of aromatic nitrogens is 2. The van der Waals surface area contributed by atoms with Crippen molar-refractivity contribution in [3.63, 3.8) is 0 Å². The van der Waals surface area contributed by atoms with Gasteiger partial charge in [-0.3, -0.25) is 4.79 Å². The lowest BCUT2D eigenvalue weighted by Gasteiger charge is -2.16. The Labute approximate surface area is 113 Å². The zero-order valence-corrected chi connectivity index (χ0v) is 12.1. The van der Waals surface area contributed by atoms with E-state index in [0.717, 1.165) is 26.1 Å². The van der Waals surface area contributed by atoms with Crippen molar-refractivity contribution >= 4 is 5.97 Å². The van der Waals surface area contributed by atoms with Crippen LogP contribution in [0.25, 0.3) is 0 Å². The molecule has 1 aromatic heterocycles. The molecule has 0 fully saturated rings. The van der Waals surface area contributed by atoms with Crippen molar-refractivity contribution < 1.29 is 14.4 Å². The second kappa shape index (κ2) is 7.23. The molecule has 0 saturated heterocycles. The Morgan fingerprint density at radius 2 is 2.00 bits per heavy atom. The number of rotatable bonds is 8. The van der Waals surface area contributed by atoms with Crippen molar-refractivity contribution in [3.05, 3.63) is 11.7 Å². The van der Waals surface area contributed by atoms with Crippen LogP contribution in [0.4, 0.5) is 0 Å². The highest BCUT2D eigenvalue weighted by atomic mass is 16.5. The number of hydrogen-bond donors (Lipinski definition) is 1. The fourth-order valence-corrected chi connectivity index (χ4v) is 1.78. The van der Waals surface area contributed by atoms with E-state index in [2.05, 4.69) is 28.9 Å². The average molecular weight is 269 g/mol. The lowest BCUT2D eigenvalue weighted by Crippen LogP contribution is -2.25. The molecule has 0 aliphatic rings. The minimum Gasteiger partial charge on any atom is -0.481 e. The quantitative estimate of drug-likeness (QED) is 0.775. The van der Waals surface area contributed by atoms with Gasteiger partial charge in [-0.1, -0.05) is 32.9 Å². The summed E-state index contributed by atoms with van der Waals surface area (Å²) < 4.78 is 5.15. The van der Waals surface area contributed by atoms with Crippen molar-refractivity contribution in [2.45, 2.75) is 40.0 Å². The number of aliphatic carboxylic acids is 1. The van der Waals surface area contributed by atoms with Gasteiger partial charge in [-0.05, 0) is 13.1 Å². The first kappa shape index (κ1) is 15.6. The van der Waals surface area contributed by atoms with Crippen LogP contribution in [0, 0.1) is 5.92 Å². The third-order valence-electron chi connectivity index (χ3n) is 3.56. The molecule has 1 heterocycles. The van der Waals surface area contributed by atoms with E-state index in [1.165, 1.54) is 0 Å². The normalized spacial score (nSPS) is 14.6. The predicted molar refractivity (Wildman–Crippen MR) is 71.0 cm³/mol. The Hall–Kier alpha value is -1.43. The minimum absolute atomic E-state index is 0.271. The zero-order valence-electron chi connectivity index (χ0n) is 12.1. The smallest absolute Gasteiger partial charge is 0.307 e. The van der Waals surface area contributed by atoms with E-state index in [1.807, 2.05) is 0 Å². The van der Waals surface area contributed by atoms with Gasteiger partial charge in [0, 0.05) is 18.9 Å². The molecule has 0 amide bonds. The number of carbonyl (C=O) groups is 1. The van der Waals surface area contributed by atoms with Gasteiger partial charge < -0.3 is 14.5 Å². The number of hydrogen-bond acceptors (Lipinski definition) is 5. The summed E-state index contributed by atoms with van der Waals surface area (Å²) in [4.78, 5) is 17.5. The standard InChI is InChI=1S/C13H23N3O3/c1-5-16(6-2)8-7-11-14-12(19-15-11)9(3)10(4)13(17)18/h9-10H,5-8H2,1-4H3,(H,17,18). The first-order chi connectivity index (χ1) is 8.99. The molecule has 6 nitrogen and oxygen atoms in total. The molecule has 108 valence electrons. The lowest BCUT2D eigenvalue weighted by molar-refractivity contribution is -0.141. The van der Waals surface area contributed by atoms with Gasteiger partial charge >= 0.3 is 5.97 Å². The molecular formula is C13H23N3O3. The molecule has 2 unspecified atom stereocenters. The van der Waals surface area contributed by atoms with E-state index in [-0.39, 0.29) is 5.92 Å². The minimum atomic E-state index is -0.851. The largest absolute Gasteiger partial charge is 0.481 e. The van der Waals surface area contributed by atoms with E-state index in [0.29, 0.717) is 11.7 Å². The van der Waals surface area contributed by atoms with E-state index < -0.39 is 11.9 Å². The van der Waals surface area contributed by atoms with Crippen LogP contribution in [0.15, 0.2) is 4.52 Å². The summed E-state index contributed by atoms with van der Waals surface area (Å²) in [7, 11) is 0. The maximum atomic E-state index is 10.9. The number of likely N-dealkylation sites (N-methyl/N-ethyl adjacent to an activating group) is 1. The molecule has 0 aromatic carbocycles. The van der Waals surface area contributed by atoms with E-state index in [1.54, 1.807) is 13.8 Å². The monoisotopic (exact) mass is 269 g/mol. The Morgan fingerprint density at radius 1 is 1.37 bits per heavy atom. The fourth-order valence-electron chi connectivity index (χ4n) is 1.78. The van der Waals surface area contributed by atoms with Crippen LogP contribution in [-0.4, -0.2) is 45.8 Å². The summed E-state index contributed by atoms with van der Waals surface area (Å²) in [6.45, 7) is 10.5. The summed E-state index contributed by atoms with van der Waals surface area (Å²) in [6.07, 6.45) is 0.722. The molecule has 19 heavy (non-hydrogen) atoms. The van der Waals surface area contributed by atoms with Gasteiger partial charge in [0.2, 0.25) is 5.89 Å². The Morgan fingerprint density at radius 3 is 2.53 bits per heavy atom. The van der Waals surface area contributed by atoms with E-state index in [4.69, 9.17) is 9.63 Å². The fraction of sp³-hybridized carbons (Fsp3) is 0.769. The van der Waals surface area contributed by atoms with Gasteiger partial charge in [0.1, 0.15) is 0 Å². The molecule has 1 rings (SSSR count). The molecule has 0 aliphatic carbocycles. The van der Waals surface area contributed by atoms with Crippen molar-refractivity contribution in [1.29, 1.82) is 0 Å². The zero-order chi connectivity index (χ0) is 14.4. The summed E-state index contributed by atoms with van der Waals surface area (Å²) in [5.41, 5.74) is 0. The van der Waals surface area contributed by atoms with Crippen molar-refractivity contribution in [2.75, 3.05) is 19.6 Å². The molecular weight excluding hydrogens is 246 g/mol. The molecule has 0 spiro atoms. The molecule has 1 N–H and O–H groups in total. The number of carboxylic acid groups (broad SMARTS) is 1. The summed E-state index contributed by atoms with van der Waals surface area (Å²) in [5.74, 6) is -0.602. The Bertz CT molecular complexity index is 402. The van der Waals surface area contributed by atoms with Gasteiger partial charge in [0.05, 0.1) is 5.92 Å². The highest BCUT2D eigenvalue weighted by Gasteiger charge is 2.25. The van der Waals surface area contributed by atoms with Crippen molar-refractivity contribution in [2.24, 2.45) is 5.92 Å². The topological polar surface area (TPSA) is 79.5 Å². The van der Waals surface area contributed by atoms with Crippen LogP contribution in [0.2, 0.25) is 0 Å². The van der Waals surface area contributed by atoms with Crippen LogP contribution >= 0.6 is 0 Å². The molecule has 0 bridgehead atoms. The molecule has 2 atom stereocenters. The van der Waals surface area contributed by atoms with E-state index >= 15 is 0 Å². The van der Waals surface area contributed by atoms with E-state index in [9.17, 15) is 4.79 Å². The van der Waals surface area contributed by atoms with Gasteiger partial charge in [0.15, 0.2) is 5.82 Å². The third kappa shape index (κ3) is 4.31. The SMILES string of the molecule is CCN(CC)CCc1noc(C(C)C(C)C(=O)O)n1. The maximum absolute atomic E-state index is 10.9. The van der Waals surface area contributed by atoms with Gasteiger partial charge in [0.25, 0.3) is 0 Å². The molecule has 0 aliphatic heterocycles. The summed E-state index contributed by atoms with van der Waals surface area (Å²) in [5, 5.41) is 12.9. The summed E-state index contributed by atoms with van der Waals surface area (Å²) >= 11 is 0. The van der Waals surface area contributed by atoms with Crippen LogP contribution in [0.1, 0.15) is 45.3 Å². The number of nitrogens with zero attached hydrogens (tertiary/aromatic N) is 3. The Kier molecular flexibility index (Phi) is 5.95. The Balaban J connectivity index is 2.59. The first-order valence-corrected chi connectivity index (χ1v) is 6.77. The lowest BCUT2D eigenvalue weighted by atomic mass is 9.96. The molecule has 6 heteroatoms. The van der Waals surface area contributed by atoms with Crippen molar-refractivity contribution in [1.82, 2.24) is 15.0 Å². The van der Waals surface area contributed by atoms with Crippen LogP contribution < -0.4 is 0 Å². The maximum Gasteiger partial charge on any atom is 0.307 e. The highest BCUT2D eigenvalue weighted by Crippen LogP contribution is 2.22. The third-order valence-corrected chi connectivity index (χ3v) is 3.56. The second-order valence-corrected chi connectivity index (χ2v) is 4.74. The number of carboxylic acids is 1. The van der Waals surface area contributed by atoms with Crippen LogP contribution in [0.3, 0.4) is 0 Å². The second-order valence-electron chi connectivity index (χ2n) is 4.74. The predicted octanol–water partition coefficient (Wildman–Crippen LogP) is 1.78.